The number of aromatic amines is 1. The van der Waals surface area contributed by atoms with Crippen LogP contribution < -0.4 is 10.6 Å². The summed E-state index contributed by atoms with van der Waals surface area (Å²) >= 11 is 0. The molecule has 0 aliphatic heterocycles. The maximum atomic E-state index is 12.5. The monoisotopic (exact) mass is 351 g/mol. The van der Waals surface area contributed by atoms with Crippen LogP contribution in [-0.4, -0.2) is 31.0 Å². The number of nitrogens with zero attached hydrogens (tertiary/aromatic N) is 4. The number of nitrogens with one attached hydrogen (secondary N) is 3. The Hall–Kier alpha value is -3.16. The van der Waals surface area contributed by atoms with Crippen molar-refractivity contribution in [3.63, 3.8) is 0 Å². The molecule has 3 N–H and O–H groups in total. The minimum absolute atomic E-state index is 0.117. The zero-order valence-corrected chi connectivity index (χ0v) is 14.5. The molecule has 0 saturated heterocycles. The number of anilines is 1. The van der Waals surface area contributed by atoms with Crippen LogP contribution in [0.3, 0.4) is 0 Å². The van der Waals surface area contributed by atoms with Crippen molar-refractivity contribution < 1.29 is 4.79 Å². The van der Waals surface area contributed by atoms with Crippen LogP contribution in [0.1, 0.15) is 31.6 Å². The highest BCUT2D eigenvalue weighted by Gasteiger charge is 2.36. The van der Waals surface area contributed by atoms with Crippen LogP contribution in [0, 0.1) is 5.92 Å². The van der Waals surface area contributed by atoms with E-state index < -0.39 is 0 Å². The molecule has 1 unspecified atom stereocenters. The first-order valence-corrected chi connectivity index (χ1v) is 8.79. The molecular formula is C18H21N7O. The van der Waals surface area contributed by atoms with Crippen molar-refractivity contribution in [2.45, 2.75) is 32.4 Å². The zero-order valence-electron chi connectivity index (χ0n) is 14.5. The van der Waals surface area contributed by atoms with Crippen LogP contribution in [0.25, 0.3) is 11.3 Å². The molecule has 0 radical (unpaired) electrons. The molecule has 1 atom stereocenters. The lowest BCUT2D eigenvalue weighted by Crippen LogP contribution is -2.35. The van der Waals surface area contributed by atoms with Crippen LogP contribution in [0.2, 0.25) is 0 Å². The van der Waals surface area contributed by atoms with E-state index in [-0.39, 0.29) is 12.1 Å². The Morgan fingerprint density at radius 3 is 3.00 bits per heavy atom. The highest BCUT2D eigenvalue weighted by Crippen LogP contribution is 2.40. The van der Waals surface area contributed by atoms with Crippen LogP contribution >= 0.6 is 0 Å². The van der Waals surface area contributed by atoms with E-state index in [4.69, 9.17) is 0 Å². The Labute approximate surface area is 151 Å². The van der Waals surface area contributed by atoms with E-state index in [1.807, 2.05) is 41.9 Å². The largest absolute Gasteiger partial charge is 0.328 e. The van der Waals surface area contributed by atoms with E-state index in [2.05, 4.69) is 30.9 Å². The number of urea groups is 1. The molecule has 1 fully saturated rings. The fraction of sp³-hybridized carbons (Fsp3) is 0.333. The van der Waals surface area contributed by atoms with Gasteiger partial charge < -0.3 is 10.6 Å². The first-order chi connectivity index (χ1) is 12.7. The van der Waals surface area contributed by atoms with E-state index >= 15 is 0 Å². The second kappa shape index (κ2) is 6.99. The van der Waals surface area contributed by atoms with E-state index in [9.17, 15) is 4.79 Å². The number of hydrogen-bond acceptors (Lipinski definition) is 4. The van der Waals surface area contributed by atoms with Crippen molar-refractivity contribution in [1.82, 2.24) is 30.3 Å². The molecule has 1 saturated carbocycles. The van der Waals surface area contributed by atoms with Gasteiger partial charge in [-0.05, 0) is 43.9 Å². The van der Waals surface area contributed by atoms with Gasteiger partial charge in [0.1, 0.15) is 12.2 Å². The van der Waals surface area contributed by atoms with Gasteiger partial charge in [-0.25, -0.2) is 14.5 Å². The Bertz CT molecular complexity index is 883. The Balaban J connectivity index is 1.47. The first-order valence-electron chi connectivity index (χ1n) is 8.79. The summed E-state index contributed by atoms with van der Waals surface area (Å²) in [5, 5.41) is 17.1. The third kappa shape index (κ3) is 3.44. The topological polar surface area (TPSA) is 101 Å². The van der Waals surface area contributed by atoms with Crippen LogP contribution in [0.15, 0.2) is 42.9 Å². The van der Waals surface area contributed by atoms with E-state index in [0.717, 1.165) is 42.2 Å². The van der Waals surface area contributed by atoms with Gasteiger partial charge in [0, 0.05) is 24.0 Å². The normalized spacial score (nSPS) is 14.8. The molecule has 1 aliphatic carbocycles. The highest BCUT2D eigenvalue weighted by molar-refractivity contribution is 5.90. The van der Waals surface area contributed by atoms with Gasteiger partial charge in [-0.15, -0.1) is 0 Å². The molecule has 1 aliphatic rings. The molecular weight excluding hydrogens is 330 g/mol. The van der Waals surface area contributed by atoms with Gasteiger partial charge >= 0.3 is 6.03 Å². The Morgan fingerprint density at radius 2 is 2.27 bits per heavy atom. The third-order valence-corrected chi connectivity index (χ3v) is 4.54. The summed E-state index contributed by atoms with van der Waals surface area (Å²) in [5.74, 6) is 1.24. The Kier molecular flexibility index (Phi) is 4.39. The molecule has 26 heavy (non-hydrogen) atoms. The van der Waals surface area contributed by atoms with Gasteiger partial charge in [0.05, 0.1) is 11.7 Å². The van der Waals surface area contributed by atoms with E-state index in [1.165, 1.54) is 0 Å². The quantitative estimate of drug-likeness (QED) is 0.635. The fourth-order valence-electron chi connectivity index (χ4n) is 3.07. The molecule has 8 nitrogen and oxygen atoms in total. The molecule has 3 aromatic rings. The number of benzene rings is 1. The first kappa shape index (κ1) is 16.3. The molecule has 1 aromatic carbocycles. The number of H-pyrrole nitrogens is 1. The molecule has 2 amide bonds. The summed E-state index contributed by atoms with van der Waals surface area (Å²) in [6.45, 7) is 2.75. The van der Waals surface area contributed by atoms with Gasteiger partial charge in [-0.2, -0.15) is 10.2 Å². The van der Waals surface area contributed by atoms with E-state index in [0.29, 0.717) is 5.92 Å². The molecule has 4 rings (SSSR count). The third-order valence-electron chi connectivity index (χ3n) is 4.54. The lowest BCUT2D eigenvalue weighted by molar-refractivity contribution is 0.246. The summed E-state index contributed by atoms with van der Waals surface area (Å²) in [6.07, 6.45) is 5.43. The summed E-state index contributed by atoms with van der Waals surface area (Å²) in [4.78, 5) is 16.9. The average Bonchev–Trinajstić information content (AvgIpc) is 3.15. The maximum Gasteiger partial charge on any atom is 0.319 e. The van der Waals surface area contributed by atoms with Crippen LogP contribution in [0.4, 0.5) is 10.5 Å². The number of aryl methyl sites for hydroxylation is 1. The van der Waals surface area contributed by atoms with Gasteiger partial charge in [-0.3, -0.25) is 5.10 Å². The smallest absolute Gasteiger partial charge is 0.319 e. The van der Waals surface area contributed by atoms with Crippen molar-refractivity contribution >= 4 is 11.7 Å². The maximum absolute atomic E-state index is 12.5. The van der Waals surface area contributed by atoms with Crippen molar-refractivity contribution in [2.24, 2.45) is 5.92 Å². The number of carbonyl (C=O) groups excluding carboxylic acids is 1. The second-order valence-electron chi connectivity index (χ2n) is 6.40. The lowest BCUT2D eigenvalue weighted by Gasteiger charge is -2.18. The lowest BCUT2D eigenvalue weighted by atomic mass is 10.1. The minimum atomic E-state index is -0.241. The molecule has 2 aromatic heterocycles. The van der Waals surface area contributed by atoms with Crippen molar-refractivity contribution in [2.75, 3.05) is 5.32 Å². The predicted octanol–water partition coefficient (Wildman–Crippen LogP) is 2.96. The summed E-state index contributed by atoms with van der Waals surface area (Å²) in [6, 6.07) is 9.17. The molecule has 8 heteroatoms. The molecule has 0 bridgehead atoms. The average molecular weight is 351 g/mol. The van der Waals surface area contributed by atoms with E-state index in [1.54, 1.807) is 12.5 Å². The van der Waals surface area contributed by atoms with Crippen molar-refractivity contribution in [3.05, 3.63) is 48.7 Å². The fourth-order valence-corrected chi connectivity index (χ4v) is 3.07. The number of hydrogen-bond donors (Lipinski definition) is 3. The molecule has 0 spiro atoms. The van der Waals surface area contributed by atoms with Gasteiger partial charge in [0.2, 0.25) is 0 Å². The van der Waals surface area contributed by atoms with Crippen molar-refractivity contribution in [3.8, 4) is 11.3 Å². The predicted molar refractivity (Wildman–Crippen MR) is 97.3 cm³/mol. The number of aromatic nitrogens is 5. The zero-order chi connectivity index (χ0) is 17.9. The summed E-state index contributed by atoms with van der Waals surface area (Å²) in [5.41, 5.74) is 2.59. The number of rotatable bonds is 6. The van der Waals surface area contributed by atoms with Gasteiger partial charge in [0.15, 0.2) is 0 Å². The number of carbonyl (C=O) groups is 1. The Morgan fingerprint density at radius 1 is 1.38 bits per heavy atom. The minimum Gasteiger partial charge on any atom is -0.328 e. The standard InChI is InChI=1S/C18H21N7O/c1-2-25-17(19-11-21-25)16(12-6-7-12)23-18(26)22-14-5-3-4-13(10-14)15-8-9-20-24-15/h3-5,8-12,16H,2,6-7H2,1H3,(H,20,24)(H2,22,23,26). The van der Waals surface area contributed by atoms with Crippen LogP contribution in [-0.2, 0) is 6.54 Å². The van der Waals surface area contributed by atoms with Crippen molar-refractivity contribution in [1.29, 1.82) is 0 Å². The van der Waals surface area contributed by atoms with Crippen LogP contribution in [0.5, 0.6) is 0 Å². The van der Waals surface area contributed by atoms with Gasteiger partial charge in [0.25, 0.3) is 0 Å². The molecule has 2 heterocycles. The highest BCUT2D eigenvalue weighted by atomic mass is 16.2. The van der Waals surface area contributed by atoms with Gasteiger partial charge in [-0.1, -0.05) is 12.1 Å². The SMILES string of the molecule is CCn1ncnc1C(NC(=O)Nc1cccc(-c2ccn[nH]2)c1)C1CC1. The summed E-state index contributed by atoms with van der Waals surface area (Å²) < 4.78 is 1.84. The second-order valence-corrected chi connectivity index (χ2v) is 6.40. The summed E-state index contributed by atoms with van der Waals surface area (Å²) in [7, 11) is 0. The number of amides is 2. The molecule has 134 valence electrons.